The van der Waals surface area contributed by atoms with Crippen LogP contribution in [0.3, 0.4) is 0 Å². The molecule has 0 aromatic carbocycles. The van der Waals surface area contributed by atoms with E-state index in [1.807, 2.05) is 0 Å². The minimum atomic E-state index is -5.86. The zero-order chi connectivity index (χ0) is 12.5. The van der Waals surface area contributed by atoms with Gasteiger partial charge in [0.15, 0.2) is 0 Å². The first-order valence-corrected chi connectivity index (χ1v) is 3.44. The van der Waals surface area contributed by atoms with Gasteiger partial charge in [0.1, 0.15) is 0 Å². The van der Waals surface area contributed by atoms with Crippen LogP contribution < -0.4 is 0 Å². The highest BCUT2D eigenvalue weighted by Gasteiger charge is 2.70. The molecule has 0 saturated carbocycles. The van der Waals surface area contributed by atoms with Crippen LogP contribution in [-0.2, 0) is 9.53 Å². The Balaban J connectivity index is 5.01. The predicted octanol–water partition coefficient (Wildman–Crippen LogP) is 2.60. The lowest BCUT2D eigenvalue weighted by molar-refractivity contribution is -0.362. The van der Waals surface area contributed by atoms with Gasteiger partial charge in [-0.05, 0) is 6.92 Å². The quantitative estimate of drug-likeness (QED) is 0.427. The average molecular weight is 236 g/mol. The van der Waals surface area contributed by atoms with Gasteiger partial charge in [-0.25, -0.2) is 9.18 Å². The maximum atomic E-state index is 12.7. The summed E-state index contributed by atoms with van der Waals surface area (Å²) in [5.41, 5.74) is -4.96. The Hall–Kier alpha value is -1.21. The lowest BCUT2D eigenvalue weighted by Gasteiger charge is -2.30. The van der Waals surface area contributed by atoms with Crippen LogP contribution >= 0.6 is 0 Å². The third-order valence-electron chi connectivity index (χ3n) is 1.47. The zero-order valence-corrected chi connectivity index (χ0v) is 7.37. The summed E-state index contributed by atoms with van der Waals surface area (Å²) in [6.45, 7) is 2.25. The first-order chi connectivity index (χ1) is 6.45. The molecule has 0 radical (unpaired) electrons. The molecule has 0 amide bonds. The highest BCUT2D eigenvalue weighted by atomic mass is 19.4. The van der Waals surface area contributed by atoms with Crippen LogP contribution in [0.5, 0.6) is 0 Å². The van der Waals surface area contributed by atoms with Crippen LogP contribution in [0.1, 0.15) is 6.92 Å². The summed E-state index contributed by atoms with van der Waals surface area (Å²) in [4.78, 5) is 10.2. The maximum Gasteiger partial charge on any atom is 0.444 e. The van der Waals surface area contributed by atoms with Gasteiger partial charge < -0.3 is 4.74 Å². The molecule has 0 aliphatic carbocycles. The van der Waals surface area contributed by atoms with Gasteiger partial charge in [0.25, 0.3) is 0 Å². The van der Waals surface area contributed by atoms with Crippen LogP contribution in [0.25, 0.3) is 0 Å². The summed E-state index contributed by atoms with van der Waals surface area (Å²) in [6, 6.07) is 0. The van der Waals surface area contributed by atoms with Gasteiger partial charge in [-0.3, -0.25) is 0 Å². The second kappa shape index (κ2) is 3.74. The SMILES string of the molecule is C=CC(=O)OC(F)(F)C(C)(F)C(F)(F)F. The van der Waals surface area contributed by atoms with E-state index in [4.69, 9.17) is 0 Å². The summed E-state index contributed by atoms with van der Waals surface area (Å²) in [5.74, 6) is -1.85. The fourth-order valence-corrected chi connectivity index (χ4v) is 0.429. The third-order valence-corrected chi connectivity index (χ3v) is 1.47. The van der Waals surface area contributed by atoms with E-state index in [9.17, 15) is 31.1 Å². The first-order valence-electron chi connectivity index (χ1n) is 3.44. The largest absolute Gasteiger partial charge is 0.444 e. The number of ether oxygens (including phenoxy) is 1. The van der Waals surface area contributed by atoms with E-state index in [1.165, 1.54) is 0 Å². The second-order valence-corrected chi connectivity index (χ2v) is 2.64. The minimum Gasteiger partial charge on any atom is -0.395 e. The molecule has 1 unspecified atom stereocenters. The standard InChI is InChI=1S/C7H6F6O2/c1-3-4(14)15-7(12,13)5(2,8)6(9,10)11/h3H,1H2,2H3. The number of carbonyl (C=O) groups is 1. The van der Waals surface area contributed by atoms with Gasteiger partial charge >= 0.3 is 23.9 Å². The van der Waals surface area contributed by atoms with Crippen molar-refractivity contribution in [3.8, 4) is 0 Å². The molecule has 0 aromatic rings. The molecule has 1 atom stereocenters. The van der Waals surface area contributed by atoms with Crippen molar-refractivity contribution in [2.24, 2.45) is 0 Å². The number of carbonyl (C=O) groups excluding carboxylic acids is 1. The monoisotopic (exact) mass is 236 g/mol. The third kappa shape index (κ3) is 2.63. The molecular weight excluding hydrogens is 230 g/mol. The topological polar surface area (TPSA) is 26.3 Å². The summed E-state index contributed by atoms with van der Waals surface area (Å²) < 4.78 is 76.2. The van der Waals surface area contributed by atoms with E-state index < -0.39 is 30.8 Å². The number of hydrogen-bond donors (Lipinski definition) is 0. The van der Waals surface area contributed by atoms with Crippen molar-refractivity contribution in [2.45, 2.75) is 24.9 Å². The van der Waals surface area contributed by atoms with Crippen molar-refractivity contribution >= 4 is 5.97 Å². The number of esters is 1. The molecule has 0 N–H and O–H groups in total. The fourth-order valence-electron chi connectivity index (χ4n) is 0.429. The molecular formula is C7H6F6O2. The first kappa shape index (κ1) is 13.8. The van der Waals surface area contributed by atoms with Crippen molar-refractivity contribution in [3.63, 3.8) is 0 Å². The minimum absolute atomic E-state index is 0.195. The molecule has 0 aliphatic rings. The normalized spacial score (nSPS) is 16.7. The Kier molecular flexibility index (Phi) is 3.44. The van der Waals surface area contributed by atoms with Gasteiger partial charge in [0.05, 0.1) is 0 Å². The molecule has 2 nitrogen and oxygen atoms in total. The highest BCUT2D eigenvalue weighted by Crippen LogP contribution is 2.45. The Morgan fingerprint density at radius 2 is 1.60 bits per heavy atom. The molecule has 0 rings (SSSR count). The molecule has 0 fully saturated rings. The van der Waals surface area contributed by atoms with Gasteiger partial charge in [0, 0.05) is 6.08 Å². The highest BCUT2D eigenvalue weighted by molar-refractivity contribution is 5.81. The van der Waals surface area contributed by atoms with Gasteiger partial charge in [-0.15, -0.1) is 0 Å². The summed E-state index contributed by atoms with van der Waals surface area (Å²) in [6.07, 6.45) is -11.0. The van der Waals surface area contributed by atoms with E-state index >= 15 is 0 Å². The number of rotatable bonds is 3. The molecule has 0 spiro atoms. The number of alkyl halides is 6. The van der Waals surface area contributed by atoms with Crippen molar-refractivity contribution in [2.75, 3.05) is 0 Å². The Bertz CT molecular complexity index is 267. The molecule has 8 heteroatoms. The Labute approximate surface area is 80.5 Å². The van der Waals surface area contributed by atoms with Gasteiger partial charge in [0.2, 0.25) is 0 Å². The molecule has 0 aliphatic heterocycles. The van der Waals surface area contributed by atoms with Crippen molar-refractivity contribution in [1.29, 1.82) is 0 Å². The van der Waals surface area contributed by atoms with Crippen molar-refractivity contribution in [1.82, 2.24) is 0 Å². The van der Waals surface area contributed by atoms with Crippen LogP contribution in [-0.4, -0.2) is 23.9 Å². The van der Waals surface area contributed by atoms with Crippen molar-refractivity contribution in [3.05, 3.63) is 12.7 Å². The lowest BCUT2D eigenvalue weighted by atomic mass is 10.1. The molecule has 0 saturated heterocycles. The molecule has 0 bridgehead atoms. The maximum absolute atomic E-state index is 12.7. The number of halogens is 6. The molecule has 15 heavy (non-hydrogen) atoms. The van der Waals surface area contributed by atoms with Crippen LogP contribution in [0.2, 0.25) is 0 Å². The number of hydrogen-bond acceptors (Lipinski definition) is 2. The van der Waals surface area contributed by atoms with Gasteiger partial charge in [-0.1, -0.05) is 6.58 Å². The lowest BCUT2D eigenvalue weighted by Crippen LogP contribution is -2.55. The second-order valence-electron chi connectivity index (χ2n) is 2.64. The fraction of sp³-hybridized carbons (Fsp3) is 0.571. The van der Waals surface area contributed by atoms with Crippen molar-refractivity contribution < 1.29 is 35.9 Å². The van der Waals surface area contributed by atoms with Gasteiger partial charge in [-0.2, -0.15) is 22.0 Å². The summed E-state index contributed by atoms with van der Waals surface area (Å²) >= 11 is 0. The van der Waals surface area contributed by atoms with Crippen LogP contribution in [0.15, 0.2) is 12.7 Å². The average Bonchev–Trinajstić information content (AvgIpc) is 2.00. The molecule has 88 valence electrons. The smallest absolute Gasteiger partial charge is 0.395 e. The summed E-state index contributed by atoms with van der Waals surface area (Å²) in [7, 11) is 0. The van der Waals surface area contributed by atoms with E-state index in [0.29, 0.717) is 0 Å². The summed E-state index contributed by atoms with van der Waals surface area (Å²) in [5, 5.41) is 0. The van der Waals surface area contributed by atoms with E-state index in [-0.39, 0.29) is 6.08 Å². The Morgan fingerprint density at radius 3 is 1.87 bits per heavy atom. The Morgan fingerprint density at radius 1 is 1.20 bits per heavy atom. The zero-order valence-electron chi connectivity index (χ0n) is 7.37. The van der Waals surface area contributed by atoms with E-state index in [0.717, 1.165) is 0 Å². The van der Waals surface area contributed by atoms with Crippen LogP contribution in [0.4, 0.5) is 26.3 Å². The van der Waals surface area contributed by atoms with Crippen LogP contribution in [0, 0.1) is 0 Å². The van der Waals surface area contributed by atoms with E-state index in [1.54, 1.807) is 0 Å². The van der Waals surface area contributed by atoms with E-state index in [2.05, 4.69) is 11.3 Å². The predicted molar refractivity (Wildman–Crippen MR) is 36.8 cm³/mol. The molecule has 0 heterocycles. The molecule has 0 aromatic heterocycles.